The second-order valence-electron chi connectivity index (χ2n) is 5.08. The summed E-state index contributed by atoms with van der Waals surface area (Å²) in [4.78, 5) is 0. The zero-order valence-corrected chi connectivity index (χ0v) is 8.85. The van der Waals surface area contributed by atoms with E-state index >= 15 is 0 Å². The van der Waals surface area contributed by atoms with Crippen molar-refractivity contribution in [3.05, 3.63) is 0 Å². The van der Waals surface area contributed by atoms with Gasteiger partial charge in [0.25, 0.3) is 0 Å². The zero-order valence-electron chi connectivity index (χ0n) is 8.85. The monoisotopic (exact) mass is 170 g/mol. The molecule has 1 saturated carbocycles. The Balaban J connectivity index is 2.84. The number of rotatable bonds is 2. The lowest BCUT2D eigenvalue weighted by atomic mass is 9.66. The Bertz CT molecular complexity index is 162. The van der Waals surface area contributed by atoms with Crippen LogP contribution in [-0.4, -0.2) is 11.7 Å². The van der Waals surface area contributed by atoms with Crippen LogP contribution < -0.4 is 0 Å². The Morgan fingerprint density at radius 1 is 1.33 bits per heavy atom. The normalized spacial score (nSPS) is 40.2. The molecule has 0 heterocycles. The Morgan fingerprint density at radius 3 is 2.17 bits per heavy atom. The molecule has 1 heteroatoms. The summed E-state index contributed by atoms with van der Waals surface area (Å²) in [6.45, 7) is 9.45. The largest absolute Gasteiger partial charge is 0.396 e. The van der Waals surface area contributed by atoms with Gasteiger partial charge in [0.1, 0.15) is 0 Å². The molecular formula is C11H22O. The van der Waals surface area contributed by atoms with E-state index < -0.39 is 0 Å². The van der Waals surface area contributed by atoms with Crippen molar-refractivity contribution in [1.82, 2.24) is 0 Å². The molecule has 0 aliphatic heterocycles. The van der Waals surface area contributed by atoms with Crippen molar-refractivity contribution < 1.29 is 5.11 Å². The van der Waals surface area contributed by atoms with Gasteiger partial charge < -0.3 is 5.11 Å². The SMILES string of the molecule is CCC1CCC(C)(CO)C1(C)C. The Morgan fingerprint density at radius 2 is 1.92 bits per heavy atom. The lowest BCUT2D eigenvalue weighted by Gasteiger charge is -2.40. The van der Waals surface area contributed by atoms with Crippen LogP contribution in [0.1, 0.15) is 47.0 Å². The van der Waals surface area contributed by atoms with Crippen molar-refractivity contribution in [3.8, 4) is 0 Å². The molecule has 1 rings (SSSR count). The van der Waals surface area contributed by atoms with Crippen molar-refractivity contribution in [1.29, 1.82) is 0 Å². The van der Waals surface area contributed by atoms with Crippen molar-refractivity contribution in [2.24, 2.45) is 16.7 Å². The fourth-order valence-electron chi connectivity index (χ4n) is 2.67. The first-order valence-corrected chi connectivity index (χ1v) is 5.09. The van der Waals surface area contributed by atoms with Crippen LogP contribution in [-0.2, 0) is 0 Å². The van der Waals surface area contributed by atoms with Crippen LogP contribution in [0.2, 0.25) is 0 Å². The van der Waals surface area contributed by atoms with E-state index in [0.717, 1.165) is 5.92 Å². The third-order valence-electron chi connectivity index (χ3n) is 4.46. The van der Waals surface area contributed by atoms with Crippen molar-refractivity contribution in [3.63, 3.8) is 0 Å². The molecular weight excluding hydrogens is 148 g/mol. The maximum atomic E-state index is 9.37. The van der Waals surface area contributed by atoms with Crippen LogP contribution in [0.4, 0.5) is 0 Å². The second kappa shape index (κ2) is 3.02. The molecule has 1 aliphatic carbocycles. The van der Waals surface area contributed by atoms with E-state index in [4.69, 9.17) is 0 Å². The Kier molecular flexibility index (Phi) is 2.53. The fourth-order valence-corrected chi connectivity index (χ4v) is 2.67. The van der Waals surface area contributed by atoms with Gasteiger partial charge in [-0.1, -0.05) is 34.1 Å². The van der Waals surface area contributed by atoms with Crippen molar-refractivity contribution in [2.75, 3.05) is 6.61 Å². The molecule has 1 aliphatic rings. The highest BCUT2D eigenvalue weighted by molar-refractivity contribution is 4.99. The molecule has 72 valence electrons. The lowest BCUT2D eigenvalue weighted by molar-refractivity contribution is 0.0249. The number of aliphatic hydroxyl groups is 1. The first-order chi connectivity index (χ1) is 5.48. The predicted octanol–water partition coefficient (Wildman–Crippen LogP) is 2.83. The minimum Gasteiger partial charge on any atom is -0.396 e. The number of hydrogen-bond donors (Lipinski definition) is 1. The highest BCUT2D eigenvalue weighted by atomic mass is 16.3. The Hall–Kier alpha value is -0.0400. The summed E-state index contributed by atoms with van der Waals surface area (Å²) in [6, 6.07) is 0. The third kappa shape index (κ3) is 1.19. The third-order valence-corrected chi connectivity index (χ3v) is 4.46. The Labute approximate surface area is 76.2 Å². The first kappa shape index (κ1) is 10.0. The van der Waals surface area contributed by atoms with E-state index in [0.29, 0.717) is 12.0 Å². The molecule has 12 heavy (non-hydrogen) atoms. The summed E-state index contributed by atoms with van der Waals surface area (Å²) >= 11 is 0. The minimum atomic E-state index is 0.160. The smallest absolute Gasteiger partial charge is 0.0489 e. The van der Waals surface area contributed by atoms with Crippen LogP contribution in [0.25, 0.3) is 0 Å². The molecule has 0 radical (unpaired) electrons. The van der Waals surface area contributed by atoms with E-state index in [2.05, 4.69) is 27.7 Å². The van der Waals surface area contributed by atoms with Crippen LogP contribution in [0, 0.1) is 16.7 Å². The first-order valence-electron chi connectivity index (χ1n) is 5.09. The highest BCUT2D eigenvalue weighted by Gasteiger charge is 2.49. The molecule has 0 spiro atoms. The predicted molar refractivity (Wildman–Crippen MR) is 52.0 cm³/mol. The van der Waals surface area contributed by atoms with Crippen LogP contribution in [0.3, 0.4) is 0 Å². The number of hydrogen-bond acceptors (Lipinski definition) is 1. The van der Waals surface area contributed by atoms with Crippen LogP contribution >= 0.6 is 0 Å². The van der Waals surface area contributed by atoms with E-state index in [1.54, 1.807) is 0 Å². The molecule has 1 fully saturated rings. The molecule has 0 bridgehead atoms. The van der Waals surface area contributed by atoms with E-state index in [1.807, 2.05) is 0 Å². The van der Waals surface area contributed by atoms with Crippen LogP contribution in [0.5, 0.6) is 0 Å². The van der Waals surface area contributed by atoms with Gasteiger partial charge in [-0.15, -0.1) is 0 Å². The van der Waals surface area contributed by atoms with E-state index in [-0.39, 0.29) is 5.41 Å². The lowest BCUT2D eigenvalue weighted by Crippen LogP contribution is -2.36. The van der Waals surface area contributed by atoms with Gasteiger partial charge >= 0.3 is 0 Å². The van der Waals surface area contributed by atoms with E-state index in [1.165, 1.54) is 19.3 Å². The molecule has 0 aromatic heterocycles. The maximum absolute atomic E-state index is 9.37. The molecule has 0 aromatic rings. The molecule has 0 aromatic carbocycles. The summed E-state index contributed by atoms with van der Waals surface area (Å²) in [5.41, 5.74) is 0.476. The van der Waals surface area contributed by atoms with Gasteiger partial charge in [0.2, 0.25) is 0 Å². The molecule has 0 saturated heterocycles. The van der Waals surface area contributed by atoms with Gasteiger partial charge in [0, 0.05) is 6.61 Å². The average molecular weight is 170 g/mol. The molecule has 1 N–H and O–H groups in total. The number of aliphatic hydroxyl groups excluding tert-OH is 1. The summed E-state index contributed by atoms with van der Waals surface area (Å²) in [5, 5.41) is 9.37. The standard InChI is InChI=1S/C11H22O/c1-5-9-6-7-11(4,8-12)10(9,2)3/h9,12H,5-8H2,1-4H3. The maximum Gasteiger partial charge on any atom is 0.0489 e. The van der Waals surface area contributed by atoms with Gasteiger partial charge in [-0.3, -0.25) is 0 Å². The molecule has 1 nitrogen and oxygen atoms in total. The summed E-state index contributed by atoms with van der Waals surface area (Å²) < 4.78 is 0. The van der Waals surface area contributed by atoms with Crippen molar-refractivity contribution >= 4 is 0 Å². The van der Waals surface area contributed by atoms with Gasteiger partial charge in [-0.2, -0.15) is 0 Å². The topological polar surface area (TPSA) is 20.2 Å². The van der Waals surface area contributed by atoms with E-state index in [9.17, 15) is 5.11 Å². The summed E-state index contributed by atoms with van der Waals surface area (Å²) in [5.74, 6) is 0.801. The highest BCUT2D eigenvalue weighted by Crippen LogP contribution is 2.56. The minimum absolute atomic E-state index is 0.160. The summed E-state index contributed by atoms with van der Waals surface area (Å²) in [6.07, 6.45) is 3.73. The quantitative estimate of drug-likeness (QED) is 0.675. The fraction of sp³-hybridized carbons (Fsp3) is 1.00. The van der Waals surface area contributed by atoms with Gasteiger partial charge in [0.05, 0.1) is 0 Å². The zero-order chi connectivity index (χ0) is 9.41. The van der Waals surface area contributed by atoms with Gasteiger partial charge in [-0.05, 0) is 29.6 Å². The van der Waals surface area contributed by atoms with Crippen molar-refractivity contribution in [2.45, 2.75) is 47.0 Å². The van der Waals surface area contributed by atoms with Crippen LogP contribution in [0.15, 0.2) is 0 Å². The van der Waals surface area contributed by atoms with Gasteiger partial charge in [-0.25, -0.2) is 0 Å². The second-order valence-corrected chi connectivity index (χ2v) is 5.08. The molecule has 2 unspecified atom stereocenters. The molecule has 0 amide bonds. The summed E-state index contributed by atoms with van der Waals surface area (Å²) in [7, 11) is 0. The molecule has 2 atom stereocenters. The van der Waals surface area contributed by atoms with Gasteiger partial charge in [0.15, 0.2) is 0 Å². The average Bonchev–Trinajstić information content (AvgIpc) is 2.25.